The van der Waals surface area contributed by atoms with Crippen molar-refractivity contribution in [3.63, 3.8) is 0 Å². The van der Waals surface area contributed by atoms with E-state index in [9.17, 15) is 0 Å². The Morgan fingerprint density at radius 3 is 1.37 bits per heavy atom. The van der Waals surface area contributed by atoms with E-state index < -0.39 is 0 Å². The Bertz CT molecular complexity index is 303. The molecule has 1 aromatic carbocycles. The Labute approximate surface area is 120 Å². The zero-order valence-corrected chi connectivity index (χ0v) is 11.1. The van der Waals surface area contributed by atoms with Crippen LogP contribution in [0.15, 0.2) is 60.9 Å². The minimum Gasteiger partial charge on any atom is -0.265 e. The van der Waals surface area contributed by atoms with Gasteiger partial charge in [0.2, 0.25) is 0 Å². The first-order valence-electron chi connectivity index (χ1n) is 6.24. The first-order chi connectivity index (χ1) is 8.35. The minimum atomic E-state index is 0. The van der Waals surface area contributed by atoms with Gasteiger partial charge in [0, 0.05) is 12.4 Å². The number of aromatic nitrogens is 1. The Morgan fingerprint density at radius 2 is 1.16 bits per heavy atom. The van der Waals surface area contributed by atoms with Crippen LogP contribution in [0.25, 0.3) is 0 Å². The van der Waals surface area contributed by atoms with Crippen LogP contribution in [0.2, 0.25) is 0 Å². The van der Waals surface area contributed by atoms with Crippen LogP contribution in [-0.2, 0) is 6.42 Å². The van der Waals surface area contributed by atoms with Crippen molar-refractivity contribution in [3.8, 4) is 0 Å². The number of benzene rings is 1. The zero-order valence-electron chi connectivity index (χ0n) is 11.1. The molecule has 0 unspecified atom stereocenters. The van der Waals surface area contributed by atoms with Crippen molar-refractivity contribution in [1.82, 2.24) is 4.98 Å². The highest BCUT2D eigenvalue weighted by atomic mass is 14.6. The summed E-state index contributed by atoms with van der Waals surface area (Å²) >= 11 is 0. The van der Waals surface area contributed by atoms with Crippen molar-refractivity contribution in [2.45, 2.75) is 48.5 Å². The molecule has 0 aliphatic rings. The van der Waals surface area contributed by atoms with Gasteiger partial charge in [-0.05, 0) is 24.1 Å². The van der Waals surface area contributed by atoms with E-state index in [0.717, 1.165) is 6.42 Å². The van der Waals surface area contributed by atoms with E-state index >= 15 is 0 Å². The maximum atomic E-state index is 3.78. The molecule has 0 atom stereocenters. The summed E-state index contributed by atoms with van der Waals surface area (Å²) in [6, 6.07) is 16.2. The minimum absolute atomic E-state index is 0. The average molecular weight is 261 g/mol. The number of aryl methyl sites for hydroxylation is 1. The molecule has 2 aromatic rings. The van der Waals surface area contributed by atoms with Gasteiger partial charge in [-0.1, -0.05) is 78.4 Å². The molecule has 0 fully saturated rings. The maximum Gasteiger partial charge on any atom is 0.0267 e. The molecule has 1 nitrogen and oxygen atoms in total. The number of hydrogen-bond acceptors (Lipinski definition) is 1. The monoisotopic (exact) mass is 261 g/mol. The number of nitrogens with zero attached hydrogens (tertiary/aromatic N) is 1. The van der Waals surface area contributed by atoms with Gasteiger partial charge in [-0.25, -0.2) is 0 Å². The molecule has 1 aromatic heterocycles. The standard InChI is InChI=1S/C8H10.C5H5N.C3H8.2CH4/c1-2-8-6-4-3-5-7-8;1-2-4-6-5-3-1;1-3-2;;/h3-7H,2H2,1H3;1-5H;3H2,1-2H3;2*1H4. The summed E-state index contributed by atoms with van der Waals surface area (Å²) in [7, 11) is 0. The molecule has 1 heterocycles. The van der Waals surface area contributed by atoms with Crippen LogP contribution in [0.5, 0.6) is 0 Å². The van der Waals surface area contributed by atoms with E-state index in [1.54, 1.807) is 12.4 Å². The van der Waals surface area contributed by atoms with Gasteiger partial charge >= 0.3 is 0 Å². The van der Waals surface area contributed by atoms with Gasteiger partial charge in [-0.3, -0.25) is 4.98 Å². The van der Waals surface area contributed by atoms with E-state index in [1.165, 1.54) is 12.0 Å². The highest BCUT2D eigenvalue weighted by Crippen LogP contribution is 1.96. The second-order valence-corrected chi connectivity index (χ2v) is 3.57. The number of hydrogen-bond donors (Lipinski definition) is 0. The lowest BCUT2D eigenvalue weighted by Crippen LogP contribution is -1.73. The lowest BCUT2D eigenvalue weighted by Gasteiger charge is -1.89. The van der Waals surface area contributed by atoms with Crippen LogP contribution in [0.3, 0.4) is 0 Å². The Balaban J connectivity index is -0.000000210. The zero-order chi connectivity index (χ0) is 12.8. The molecule has 19 heavy (non-hydrogen) atoms. The topological polar surface area (TPSA) is 12.9 Å². The van der Waals surface area contributed by atoms with E-state index in [1.807, 2.05) is 24.3 Å². The molecule has 0 saturated heterocycles. The van der Waals surface area contributed by atoms with Gasteiger partial charge in [-0.2, -0.15) is 0 Å². The highest BCUT2D eigenvalue weighted by molar-refractivity contribution is 5.13. The Morgan fingerprint density at radius 1 is 0.737 bits per heavy atom. The summed E-state index contributed by atoms with van der Waals surface area (Å²) < 4.78 is 0. The summed E-state index contributed by atoms with van der Waals surface area (Å²) in [4.78, 5) is 3.78. The molecule has 0 aliphatic heterocycles. The summed E-state index contributed by atoms with van der Waals surface area (Å²) in [5.74, 6) is 0. The fourth-order valence-electron chi connectivity index (χ4n) is 1.03. The van der Waals surface area contributed by atoms with Gasteiger partial charge in [0.1, 0.15) is 0 Å². The van der Waals surface area contributed by atoms with Crippen LogP contribution in [0.1, 0.15) is 47.6 Å². The average Bonchev–Trinajstić information content (AvgIpc) is 2.43. The Hall–Kier alpha value is -1.63. The molecule has 108 valence electrons. The lowest BCUT2D eigenvalue weighted by molar-refractivity contribution is 1.09. The van der Waals surface area contributed by atoms with Crippen molar-refractivity contribution >= 4 is 0 Å². The van der Waals surface area contributed by atoms with E-state index in [-0.39, 0.29) is 14.9 Å². The molecule has 1 heteroatoms. The summed E-state index contributed by atoms with van der Waals surface area (Å²) in [6.45, 7) is 6.41. The molecular weight excluding hydrogens is 230 g/mol. The van der Waals surface area contributed by atoms with E-state index in [4.69, 9.17) is 0 Å². The van der Waals surface area contributed by atoms with Crippen molar-refractivity contribution in [2.75, 3.05) is 0 Å². The molecule has 0 aliphatic carbocycles. The van der Waals surface area contributed by atoms with E-state index in [0.29, 0.717) is 0 Å². The van der Waals surface area contributed by atoms with E-state index in [2.05, 4.69) is 50.0 Å². The van der Waals surface area contributed by atoms with Crippen LogP contribution < -0.4 is 0 Å². The number of pyridine rings is 1. The third-order valence-electron chi connectivity index (χ3n) is 1.82. The molecule has 0 saturated carbocycles. The summed E-state index contributed by atoms with van der Waals surface area (Å²) in [5.41, 5.74) is 1.41. The molecule has 0 radical (unpaired) electrons. The predicted octanol–water partition coefficient (Wildman–Crippen LogP) is 6.02. The molecule has 0 bridgehead atoms. The van der Waals surface area contributed by atoms with Gasteiger partial charge < -0.3 is 0 Å². The van der Waals surface area contributed by atoms with Gasteiger partial charge in [0.05, 0.1) is 0 Å². The predicted molar refractivity (Wildman–Crippen MR) is 89.5 cm³/mol. The maximum absolute atomic E-state index is 3.78. The third kappa shape index (κ3) is 16.4. The van der Waals surface area contributed by atoms with Crippen LogP contribution in [-0.4, -0.2) is 4.98 Å². The smallest absolute Gasteiger partial charge is 0.0267 e. The fraction of sp³-hybridized carbons (Fsp3) is 0.389. The summed E-state index contributed by atoms with van der Waals surface area (Å²) in [6.07, 6.45) is 5.89. The SMILES string of the molecule is C.C.CCC.CCc1ccccc1.c1ccncc1. The first kappa shape index (κ1) is 22.5. The number of rotatable bonds is 1. The largest absolute Gasteiger partial charge is 0.265 e. The van der Waals surface area contributed by atoms with Gasteiger partial charge in [0.25, 0.3) is 0 Å². The second-order valence-electron chi connectivity index (χ2n) is 3.57. The molecule has 0 amide bonds. The molecule has 2 rings (SSSR count). The van der Waals surface area contributed by atoms with Gasteiger partial charge in [-0.15, -0.1) is 0 Å². The quantitative estimate of drug-likeness (QED) is 0.611. The normalized spacial score (nSPS) is 7.32. The fourth-order valence-corrected chi connectivity index (χ4v) is 1.03. The Kier molecular flexibility index (Phi) is 22.2. The summed E-state index contributed by atoms with van der Waals surface area (Å²) in [5, 5.41) is 0. The van der Waals surface area contributed by atoms with Crippen molar-refractivity contribution in [3.05, 3.63) is 66.5 Å². The molecule has 0 N–H and O–H groups in total. The molecule has 0 spiro atoms. The highest BCUT2D eigenvalue weighted by Gasteiger charge is 1.79. The molecular formula is C18H31N. The first-order valence-corrected chi connectivity index (χ1v) is 6.24. The lowest BCUT2D eigenvalue weighted by atomic mass is 10.2. The van der Waals surface area contributed by atoms with Gasteiger partial charge in [0.15, 0.2) is 0 Å². The van der Waals surface area contributed by atoms with Crippen molar-refractivity contribution in [1.29, 1.82) is 0 Å². The van der Waals surface area contributed by atoms with Crippen molar-refractivity contribution in [2.24, 2.45) is 0 Å². The second kappa shape index (κ2) is 18.7. The van der Waals surface area contributed by atoms with Crippen LogP contribution in [0, 0.1) is 0 Å². The van der Waals surface area contributed by atoms with Crippen molar-refractivity contribution < 1.29 is 0 Å². The van der Waals surface area contributed by atoms with Crippen LogP contribution >= 0.6 is 0 Å². The van der Waals surface area contributed by atoms with Crippen LogP contribution in [0.4, 0.5) is 0 Å². The third-order valence-corrected chi connectivity index (χ3v) is 1.82.